The van der Waals surface area contributed by atoms with E-state index in [1.165, 1.54) is 11.8 Å². The molecule has 0 heterocycles. The highest BCUT2D eigenvalue weighted by atomic mass is 32.2. The fraction of sp³-hybridized carbons (Fsp3) is 0.300. The van der Waals surface area contributed by atoms with Crippen molar-refractivity contribution in [1.82, 2.24) is 0 Å². The molecule has 0 radical (unpaired) electrons. The lowest BCUT2D eigenvalue weighted by molar-refractivity contribution is -0.116. The monoisotopic (exact) mass is 392 g/mol. The topological polar surface area (TPSA) is 58.2 Å². The molecule has 0 bridgehead atoms. The predicted molar refractivity (Wildman–Crippen MR) is 106 cm³/mol. The minimum atomic E-state index is -0.743. The normalized spacial score (nSPS) is 10.5. The first-order chi connectivity index (χ1) is 12.8. The second kappa shape index (κ2) is 10.1. The van der Waals surface area contributed by atoms with Crippen LogP contribution in [-0.4, -0.2) is 23.3 Å². The van der Waals surface area contributed by atoms with E-state index in [1.807, 2.05) is 32.0 Å². The van der Waals surface area contributed by atoms with Gasteiger partial charge in [0.25, 0.3) is 0 Å². The summed E-state index contributed by atoms with van der Waals surface area (Å²) in [6.45, 7) is 3.89. The molecule has 2 N–H and O–H groups in total. The number of amides is 2. The summed E-state index contributed by atoms with van der Waals surface area (Å²) in [6.07, 6.45) is 0.987. The van der Waals surface area contributed by atoms with Crippen molar-refractivity contribution in [3.05, 3.63) is 59.2 Å². The number of halogens is 2. The van der Waals surface area contributed by atoms with Crippen LogP contribution in [0.1, 0.15) is 24.0 Å². The van der Waals surface area contributed by atoms with Crippen molar-refractivity contribution in [3.8, 4) is 0 Å². The quantitative estimate of drug-likeness (QED) is 0.642. The highest BCUT2D eigenvalue weighted by molar-refractivity contribution is 7.99. The number of para-hydroxylation sites is 1. The summed E-state index contributed by atoms with van der Waals surface area (Å²) < 4.78 is 26.2. The molecule has 0 saturated carbocycles. The van der Waals surface area contributed by atoms with Crippen molar-refractivity contribution in [1.29, 1.82) is 0 Å². The fourth-order valence-electron chi connectivity index (χ4n) is 2.54. The van der Waals surface area contributed by atoms with Gasteiger partial charge in [0.1, 0.15) is 11.6 Å². The van der Waals surface area contributed by atoms with E-state index >= 15 is 0 Å². The molecule has 0 aromatic heterocycles. The van der Waals surface area contributed by atoms with E-state index < -0.39 is 11.6 Å². The first-order valence-corrected chi connectivity index (χ1v) is 9.70. The summed E-state index contributed by atoms with van der Waals surface area (Å²) in [7, 11) is 0. The molecule has 27 heavy (non-hydrogen) atoms. The van der Waals surface area contributed by atoms with E-state index in [4.69, 9.17) is 0 Å². The van der Waals surface area contributed by atoms with Crippen LogP contribution in [0.4, 0.5) is 20.2 Å². The van der Waals surface area contributed by atoms with Crippen LogP contribution in [0, 0.1) is 25.5 Å². The zero-order valence-electron chi connectivity index (χ0n) is 15.3. The molecule has 0 atom stereocenters. The lowest BCUT2D eigenvalue weighted by Gasteiger charge is -2.11. The lowest BCUT2D eigenvalue weighted by Crippen LogP contribution is -2.15. The van der Waals surface area contributed by atoms with Crippen molar-refractivity contribution < 1.29 is 18.4 Å². The van der Waals surface area contributed by atoms with Gasteiger partial charge >= 0.3 is 0 Å². The molecular weight excluding hydrogens is 370 g/mol. The largest absolute Gasteiger partial charge is 0.326 e. The zero-order chi connectivity index (χ0) is 19.8. The maximum Gasteiger partial charge on any atom is 0.234 e. The molecule has 2 amide bonds. The van der Waals surface area contributed by atoms with Gasteiger partial charge in [-0.05, 0) is 49.3 Å². The van der Waals surface area contributed by atoms with Crippen molar-refractivity contribution in [2.24, 2.45) is 0 Å². The number of carbonyl (C=O) groups is 2. The van der Waals surface area contributed by atoms with Crippen LogP contribution in [0.15, 0.2) is 36.4 Å². The Morgan fingerprint density at radius 1 is 0.963 bits per heavy atom. The van der Waals surface area contributed by atoms with E-state index in [0.717, 1.165) is 35.0 Å². The maximum absolute atomic E-state index is 13.1. The van der Waals surface area contributed by atoms with Gasteiger partial charge in [-0.1, -0.05) is 18.2 Å². The van der Waals surface area contributed by atoms with Crippen molar-refractivity contribution in [2.75, 3.05) is 22.1 Å². The highest BCUT2D eigenvalue weighted by Crippen LogP contribution is 2.20. The van der Waals surface area contributed by atoms with E-state index in [2.05, 4.69) is 10.6 Å². The second-order valence-corrected chi connectivity index (χ2v) is 7.28. The Balaban J connectivity index is 1.66. The van der Waals surface area contributed by atoms with E-state index in [1.54, 1.807) is 0 Å². The summed E-state index contributed by atoms with van der Waals surface area (Å²) in [4.78, 5) is 23.8. The van der Waals surface area contributed by atoms with Crippen molar-refractivity contribution >= 4 is 35.0 Å². The van der Waals surface area contributed by atoms with Crippen LogP contribution in [-0.2, 0) is 9.59 Å². The Labute approximate surface area is 161 Å². The number of hydrogen-bond acceptors (Lipinski definition) is 3. The molecule has 0 aliphatic rings. The molecular formula is C20H22F2N2O2S. The number of thioether (sulfide) groups is 1. The predicted octanol–water partition coefficient (Wildman–Crippen LogP) is 4.67. The molecule has 0 unspecified atom stereocenters. The molecule has 2 rings (SSSR count). The molecule has 4 nitrogen and oxygen atoms in total. The van der Waals surface area contributed by atoms with Crippen LogP contribution in [0.2, 0.25) is 0 Å². The summed E-state index contributed by atoms with van der Waals surface area (Å²) >= 11 is 1.36. The number of aryl methyl sites for hydroxylation is 2. The van der Waals surface area contributed by atoms with Crippen LogP contribution < -0.4 is 10.6 Å². The standard InChI is InChI=1S/C20H22F2N2O2S/c1-13-5-3-6-14(2)20(13)24-18(25)7-4-8-27-12-19(26)23-17-10-15(21)9-16(22)11-17/h3,5-6,9-11H,4,7-8,12H2,1-2H3,(H,23,26)(H,24,25). The fourth-order valence-corrected chi connectivity index (χ4v) is 3.29. The highest BCUT2D eigenvalue weighted by Gasteiger charge is 2.08. The molecule has 0 aliphatic carbocycles. The number of hydrogen-bond donors (Lipinski definition) is 2. The van der Waals surface area contributed by atoms with Crippen molar-refractivity contribution in [3.63, 3.8) is 0 Å². The Morgan fingerprint density at radius 2 is 1.59 bits per heavy atom. The van der Waals surface area contributed by atoms with Gasteiger partial charge < -0.3 is 10.6 Å². The van der Waals surface area contributed by atoms with Gasteiger partial charge in [-0.2, -0.15) is 11.8 Å². The van der Waals surface area contributed by atoms with E-state index in [-0.39, 0.29) is 23.3 Å². The molecule has 2 aromatic carbocycles. The van der Waals surface area contributed by atoms with Gasteiger partial charge in [0.15, 0.2) is 0 Å². The number of anilines is 2. The van der Waals surface area contributed by atoms with Gasteiger partial charge in [-0.25, -0.2) is 8.78 Å². The second-order valence-electron chi connectivity index (χ2n) is 6.18. The third-order valence-corrected chi connectivity index (χ3v) is 4.86. The molecule has 0 spiro atoms. The third kappa shape index (κ3) is 7.02. The Hall–Kier alpha value is -2.41. The smallest absolute Gasteiger partial charge is 0.234 e. The summed E-state index contributed by atoms with van der Waals surface area (Å²) in [6, 6.07) is 8.70. The van der Waals surface area contributed by atoms with Crippen LogP contribution in [0.3, 0.4) is 0 Å². The Bertz CT molecular complexity index is 787. The average Bonchev–Trinajstić information content (AvgIpc) is 2.57. The van der Waals surface area contributed by atoms with E-state index in [9.17, 15) is 18.4 Å². The van der Waals surface area contributed by atoms with Gasteiger partial charge in [-0.3, -0.25) is 9.59 Å². The number of carbonyl (C=O) groups excluding carboxylic acids is 2. The molecule has 0 fully saturated rings. The lowest BCUT2D eigenvalue weighted by atomic mass is 10.1. The number of benzene rings is 2. The zero-order valence-corrected chi connectivity index (χ0v) is 16.1. The molecule has 2 aromatic rings. The third-order valence-electron chi connectivity index (χ3n) is 3.82. The molecule has 0 aliphatic heterocycles. The Morgan fingerprint density at radius 3 is 2.22 bits per heavy atom. The van der Waals surface area contributed by atoms with Gasteiger partial charge in [-0.15, -0.1) is 0 Å². The van der Waals surface area contributed by atoms with Crippen LogP contribution in [0.25, 0.3) is 0 Å². The van der Waals surface area contributed by atoms with E-state index in [0.29, 0.717) is 18.6 Å². The summed E-state index contributed by atoms with van der Waals surface area (Å²) in [5.74, 6) is -1.11. The van der Waals surface area contributed by atoms with Crippen LogP contribution in [0.5, 0.6) is 0 Å². The summed E-state index contributed by atoms with van der Waals surface area (Å²) in [5.41, 5.74) is 2.97. The van der Waals surface area contributed by atoms with Gasteiger partial charge in [0.05, 0.1) is 5.75 Å². The SMILES string of the molecule is Cc1cccc(C)c1NC(=O)CCCSCC(=O)Nc1cc(F)cc(F)c1. The first kappa shape index (κ1) is 20.9. The van der Waals surface area contributed by atoms with Crippen molar-refractivity contribution in [2.45, 2.75) is 26.7 Å². The minimum Gasteiger partial charge on any atom is -0.326 e. The maximum atomic E-state index is 13.1. The summed E-state index contributed by atoms with van der Waals surface area (Å²) in [5, 5.41) is 5.37. The van der Waals surface area contributed by atoms with Crippen LogP contribution >= 0.6 is 11.8 Å². The number of rotatable bonds is 8. The molecule has 144 valence electrons. The molecule has 7 heteroatoms. The minimum absolute atomic E-state index is 0.0623. The van der Waals surface area contributed by atoms with Gasteiger partial charge in [0, 0.05) is 23.9 Å². The van der Waals surface area contributed by atoms with Gasteiger partial charge in [0.2, 0.25) is 11.8 Å². The first-order valence-electron chi connectivity index (χ1n) is 8.55. The molecule has 0 saturated heterocycles. The Kier molecular flexibility index (Phi) is 7.79. The average molecular weight is 392 g/mol. The number of nitrogens with one attached hydrogen (secondary N) is 2.